The van der Waals surface area contributed by atoms with Gasteiger partial charge in [-0.3, -0.25) is 0 Å². The molecule has 0 fully saturated rings. The van der Waals surface area contributed by atoms with E-state index in [4.69, 9.17) is 22.5 Å². The van der Waals surface area contributed by atoms with Crippen molar-refractivity contribution in [2.45, 2.75) is 6.16 Å². The van der Waals surface area contributed by atoms with Crippen LogP contribution in [-0.4, -0.2) is 0 Å². The first-order valence-corrected chi connectivity index (χ1v) is 7.15. The van der Waals surface area contributed by atoms with Crippen LogP contribution < -0.4 is 0 Å². The van der Waals surface area contributed by atoms with E-state index in [0.29, 0.717) is 0 Å². The molecular weight excluding hydrogens is 266 g/mol. The maximum absolute atomic E-state index is 5.69. The smallest absolute Gasteiger partial charge is 0.0777 e. The third-order valence-electron chi connectivity index (χ3n) is 1.25. The van der Waals surface area contributed by atoms with E-state index in [9.17, 15) is 0 Å². The third-order valence-corrected chi connectivity index (χ3v) is 3.32. The van der Waals surface area contributed by atoms with Gasteiger partial charge in [0.2, 0.25) is 0 Å². The summed E-state index contributed by atoms with van der Waals surface area (Å²) in [5.74, 6) is 0. The van der Waals surface area contributed by atoms with E-state index in [2.05, 4.69) is 15.9 Å². The van der Waals surface area contributed by atoms with Crippen molar-refractivity contribution in [3.05, 3.63) is 34.3 Å². The Morgan fingerprint density at radius 2 is 1.91 bits per heavy atom. The average Bonchev–Trinajstić information content (AvgIpc) is 1.93. The molecule has 11 heavy (non-hydrogen) atoms. The standard InChI is InChI=1S/C7H6BrCl2P/c8-7-4-2-1-3-6(7)5-11(9)10/h1-4H,5H2. The highest BCUT2D eigenvalue weighted by Gasteiger charge is 2.03. The van der Waals surface area contributed by atoms with Gasteiger partial charge in [-0.25, -0.2) is 0 Å². The molecule has 0 radical (unpaired) electrons. The van der Waals surface area contributed by atoms with Crippen LogP contribution in [0.5, 0.6) is 0 Å². The van der Waals surface area contributed by atoms with E-state index in [1.807, 2.05) is 24.3 Å². The summed E-state index contributed by atoms with van der Waals surface area (Å²) >= 11 is 14.8. The minimum Gasteiger partial charge on any atom is -0.0777 e. The Bertz CT molecular complexity index is 240. The normalized spacial score (nSPS) is 10.5. The predicted octanol–water partition coefficient (Wildman–Crippen LogP) is 4.74. The fourth-order valence-corrected chi connectivity index (χ4v) is 2.70. The minimum absolute atomic E-state index is 0.750. The predicted molar refractivity (Wildman–Crippen MR) is 56.5 cm³/mol. The number of benzene rings is 1. The van der Waals surface area contributed by atoms with Crippen molar-refractivity contribution < 1.29 is 0 Å². The highest BCUT2D eigenvalue weighted by molar-refractivity contribution is 9.10. The maximum atomic E-state index is 5.69. The van der Waals surface area contributed by atoms with Crippen LogP contribution in [0.2, 0.25) is 0 Å². The van der Waals surface area contributed by atoms with Crippen LogP contribution in [-0.2, 0) is 6.16 Å². The van der Waals surface area contributed by atoms with Crippen molar-refractivity contribution in [1.29, 1.82) is 0 Å². The molecule has 0 N–H and O–H groups in total. The molecule has 0 aromatic heterocycles. The first-order valence-electron chi connectivity index (χ1n) is 3.02. The van der Waals surface area contributed by atoms with Crippen LogP contribution in [0.1, 0.15) is 5.56 Å². The summed E-state index contributed by atoms with van der Waals surface area (Å²) < 4.78 is 1.08. The SMILES string of the molecule is ClP(Cl)Cc1ccccc1Br. The van der Waals surface area contributed by atoms with Crippen LogP contribution in [0, 0.1) is 0 Å². The number of halogens is 3. The molecule has 0 unspecified atom stereocenters. The van der Waals surface area contributed by atoms with Gasteiger partial charge >= 0.3 is 0 Å². The quantitative estimate of drug-likeness (QED) is 0.682. The summed E-state index contributed by atoms with van der Waals surface area (Å²) in [4.78, 5) is 0. The molecule has 0 aliphatic rings. The summed E-state index contributed by atoms with van der Waals surface area (Å²) in [5, 5.41) is 0. The molecule has 60 valence electrons. The van der Waals surface area contributed by atoms with Crippen LogP contribution in [0.15, 0.2) is 28.7 Å². The van der Waals surface area contributed by atoms with Crippen molar-refractivity contribution in [3.8, 4) is 0 Å². The lowest BCUT2D eigenvalue weighted by Crippen LogP contribution is -1.79. The Balaban J connectivity index is 2.78. The van der Waals surface area contributed by atoms with E-state index in [0.717, 1.165) is 10.6 Å². The molecule has 1 aromatic rings. The second-order valence-corrected chi connectivity index (χ2v) is 6.80. The van der Waals surface area contributed by atoms with Gasteiger partial charge in [0.1, 0.15) is 0 Å². The molecule has 0 spiro atoms. The van der Waals surface area contributed by atoms with Gasteiger partial charge in [-0.15, -0.1) is 0 Å². The fraction of sp³-hybridized carbons (Fsp3) is 0.143. The number of hydrogen-bond donors (Lipinski definition) is 0. The van der Waals surface area contributed by atoms with Crippen LogP contribution >= 0.6 is 45.0 Å². The minimum atomic E-state index is -0.879. The van der Waals surface area contributed by atoms with Crippen molar-refractivity contribution in [2.75, 3.05) is 0 Å². The Hall–Kier alpha value is 0.710. The number of rotatable bonds is 2. The van der Waals surface area contributed by atoms with Gasteiger partial charge in [-0.2, -0.15) is 0 Å². The summed E-state index contributed by atoms with van der Waals surface area (Å²) in [6.07, 6.45) is 0.750. The maximum Gasteiger partial charge on any atom is 0.0899 e. The molecule has 1 aromatic carbocycles. The zero-order valence-corrected chi connectivity index (χ0v) is 9.59. The first kappa shape index (κ1) is 9.80. The lowest BCUT2D eigenvalue weighted by Gasteiger charge is -2.02. The second kappa shape index (κ2) is 4.67. The lowest BCUT2D eigenvalue weighted by atomic mass is 10.2. The summed E-state index contributed by atoms with van der Waals surface area (Å²) in [6.45, 7) is -0.879. The zero-order chi connectivity index (χ0) is 8.27. The van der Waals surface area contributed by atoms with Crippen molar-refractivity contribution in [3.63, 3.8) is 0 Å². The zero-order valence-electron chi connectivity index (χ0n) is 5.60. The molecule has 0 amide bonds. The average molecular weight is 272 g/mol. The second-order valence-electron chi connectivity index (χ2n) is 2.05. The van der Waals surface area contributed by atoms with Crippen LogP contribution in [0.25, 0.3) is 0 Å². The molecule has 0 saturated heterocycles. The van der Waals surface area contributed by atoms with E-state index in [1.165, 1.54) is 5.56 Å². The van der Waals surface area contributed by atoms with Crippen molar-refractivity contribution in [2.24, 2.45) is 0 Å². The van der Waals surface area contributed by atoms with Gasteiger partial charge < -0.3 is 0 Å². The molecule has 0 atom stereocenters. The molecular formula is C7H6BrCl2P. The van der Waals surface area contributed by atoms with Gasteiger partial charge in [-0.1, -0.05) is 56.6 Å². The largest absolute Gasteiger partial charge is 0.0899 e. The third kappa shape index (κ3) is 3.29. The molecule has 0 heterocycles. The summed E-state index contributed by atoms with van der Waals surface area (Å²) in [7, 11) is 0. The van der Waals surface area contributed by atoms with Crippen LogP contribution in [0.3, 0.4) is 0 Å². The number of hydrogen-bond acceptors (Lipinski definition) is 0. The molecule has 0 nitrogen and oxygen atoms in total. The van der Waals surface area contributed by atoms with Gasteiger partial charge in [-0.05, 0) is 11.6 Å². The highest BCUT2D eigenvalue weighted by Crippen LogP contribution is 2.50. The van der Waals surface area contributed by atoms with Gasteiger partial charge in [0.15, 0.2) is 0 Å². The van der Waals surface area contributed by atoms with Gasteiger partial charge in [0.05, 0.1) is 6.63 Å². The molecule has 1 rings (SSSR count). The van der Waals surface area contributed by atoms with E-state index >= 15 is 0 Å². The summed E-state index contributed by atoms with van der Waals surface area (Å²) in [6, 6.07) is 7.96. The topological polar surface area (TPSA) is 0 Å². The Morgan fingerprint density at radius 1 is 1.27 bits per heavy atom. The molecule has 0 bridgehead atoms. The molecule has 0 aliphatic carbocycles. The Morgan fingerprint density at radius 3 is 2.45 bits per heavy atom. The molecule has 4 heteroatoms. The van der Waals surface area contributed by atoms with E-state index < -0.39 is 6.63 Å². The molecule has 0 aliphatic heterocycles. The van der Waals surface area contributed by atoms with E-state index in [1.54, 1.807) is 0 Å². The van der Waals surface area contributed by atoms with E-state index in [-0.39, 0.29) is 0 Å². The van der Waals surface area contributed by atoms with Gasteiger partial charge in [0, 0.05) is 10.6 Å². The fourth-order valence-electron chi connectivity index (χ4n) is 0.755. The van der Waals surface area contributed by atoms with Gasteiger partial charge in [0.25, 0.3) is 0 Å². The van der Waals surface area contributed by atoms with Crippen molar-refractivity contribution >= 4 is 45.0 Å². The highest BCUT2D eigenvalue weighted by atomic mass is 79.9. The lowest BCUT2D eigenvalue weighted by molar-refractivity contribution is 1.38. The Kier molecular flexibility index (Phi) is 4.16. The Labute approximate surface area is 85.4 Å². The van der Waals surface area contributed by atoms with Crippen molar-refractivity contribution in [1.82, 2.24) is 0 Å². The monoisotopic (exact) mass is 270 g/mol. The first-order chi connectivity index (χ1) is 5.20. The van der Waals surface area contributed by atoms with Crippen LogP contribution in [0.4, 0.5) is 0 Å². The summed E-state index contributed by atoms with van der Waals surface area (Å²) in [5.41, 5.74) is 1.17. The molecule has 0 saturated carbocycles.